The predicted molar refractivity (Wildman–Crippen MR) is 111 cm³/mol. The molecule has 3 aromatic heterocycles. The van der Waals surface area contributed by atoms with Gasteiger partial charge in [-0.2, -0.15) is 18.3 Å². The van der Waals surface area contributed by atoms with Crippen LogP contribution in [0, 0.1) is 13.8 Å². The highest BCUT2D eigenvalue weighted by molar-refractivity contribution is 5.82. The van der Waals surface area contributed by atoms with Crippen molar-refractivity contribution in [1.82, 2.24) is 25.2 Å². The second-order valence-corrected chi connectivity index (χ2v) is 8.76. The van der Waals surface area contributed by atoms with Crippen molar-refractivity contribution in [2.45, 2.75) is 65.0 Å². The highest BCUT2D eigenvalue weighted by Crippen LogP contribution is 2.40. The molecule has 4 rings (SSSR count). The van der Waals surface area contributed by atoms with Gasteiger partial charge >= 0.3 is 6.18 Å². The number of aryl methyl sites for hydroxylation is 2. The Morgan fingerprint density at radius 2 is 2.09 bits per heavy atom. The number of aromatic nitrogens is 4. The number of hydrogen-bond donors (Lipinski definition) is 1. The molecule has 1 N–H and O–H groups in total. The molecule has 1 amide bonds. The fourth-order valence-electron chi connectivity index (χ4n) is 4.31. The summed E-state index contributed by atoms with van der Waals surface area (Å²) in [5.74, 6) is -0.619. The van der Waals surface area contributed by atoms with Gasteiger partial charge in [-0.05, 0) is 38.7 Å². The molecule has 4 heterocycles. The third kappa shape index (κ3) is 4.10. The zero-order valence-electron chi connectivity index (χ0n) is 18.5. The molecule has 32 heavy (non-hydrogen) atoms. The number of pyridine rings is 1. The average molecular weight is 449 g/mol. The number of H-pyrrole nitrogens is 1. The van der Waals surface area contributed by atoms with Crippen LogP contribution in [0.25, 0.3) is 11.1 Å². The molecule has 0 bridgehead atoms. The van der Waals surface area contributed by atoms with Crippen LogP contribution in [0.1, 0.15) is 72.4 Å². The number of alkyl halides is 3. The van der Waals surface area contributed by atoms with Crippen LogP contribution >= 0.6 is 0 Å². The number of hydrogen-bond acceptors (Lipinski definition) is 5. The molecule has 172 valence electrons. The lowest BCUT2D eigenvalue weighted by Crippen LogP contribution is -2.40. The van der Waals surface area contributed by atoms with Gasteiger partial charge in [0.2, 0.25) is 5.91 Å². The molecule has 1 aliphatic rings. The van der Waals surface area contributed by atoms with E-state index < -0.39 is 11.7 Å². The maximum absolute atomic E-state index is 13.9. The summed E-state index contributed by atoms with van der Waals surface area (Å²) in [6.45, 7) is 8.10. The van der Waals surface area contributed by atoms with E-state index in [2.05, 4.69) is 20.3 Å². The number of carbonyl (C=O) groups is 1. The van der Waals surface area contributed by atoms with Gasteiger partial charge in [0.25, 0.3) is 5.71 Å². The molecular weight excluding hydrogens is 423 g/mol. The number of likely N-dealkylation sites (tertiary alicyclic amines) is 1. The first-order valence-electron chi connectivity index (χ1n) is 10.7. The van der Waals surface area contributed by atoms with Crippen LogP contribution in [0.15, 0.2) is 10.6 Å². The normalized spacial score (nSPS) is 17.5. The van der Waals surface area contributed by atoms with E-state index in [-0.39, 0.29) is 41.0 Å². The third-order valence-electron chi connectivity index (χ3n) is 6.16. The molecule has 0 aromatic carbocycles. The highest BCUT2D eigenvalue weighted by Gasteiger charge is 2.38. The quantitative estimate of drug-likeness (QED) is 0.626. The van der Waals surface area contributed by atoms with Crippen LogP contribution < -0.4 is 0 Å². The second-order valence-electron chi connectivity index (χ2n) is 8.76. The lowest BCUT2D eigenvalue weighted by atomic mass is 9.91. The summed E-state index contributed by atoms with van der Waals surface area (Å²) in [5.41, 5.74) is 2.11. The Morgan fingerprint density at radius 3 is 2.72 bits per heavy atom. The second kappa shape index (κ2) is 8.22. The first kappa shape index (κ1) is 22.3. The maximum atomic E-state index is 13.9. The number of carbonyl (C=O) groups excluding carboxylic acids is 1. The van der Waals surface area contributed by atoms with Crippen molar-refractivity contribution in [3.63, 3.8) is 0 Å². The van der Waals surface area contributed by atoms with E-state index in [9.17, 15) is 18.0 Å². The first-order chi connectivity index (χ1) is 15.1. The molecule has 10 heteroatoms. The van der Waals surface area contributed by atoms with Crippen LogP contribution in [0.3, 0.4) is 0 Å². The van der Waals surface area contributed by atoms with E-state index in [0.29, 0.717) is 31.6 Å². The van der Waals surface area contributed by atoms with Gasteiger partial charge in [0.1, 0.15) is 0 Å². The van der Waals surface area contributed by atoms with Crippen molar-refractivity contribution in [3.05, 3.63) is 40.0 Å². The third-order valence-corrected chi connectivity index (χ3v) is 6.16. The van der Waals surface area contributed by atoms with Crippen LogP contribution in [-0.4, -0.2) is 44.2 Å². The molecular formula is C22H26F3N5O2. The molecule has 3 aromatic rings. The van der Waals surface area contributed by atoms with Gasteiger partial charge in [-0.3, -0.25) is 9.89 Å². The lowest BCUT2D eigenvalue weighted by Gasteiger charge is -2.32. The van der Waals surface area contributed by atoms with Crippen molar-refractivity contribution in [2.75, 3.05) is 13.1 Å². The summed E-state index contributed by atoms with van der Waals surface area (Å²) in [7, 11) is 0. The van der Waals surface area contributed by atoms with Gasteiger partial charge in [0, 0.05) is 36.0 Å². The summed E-state index contributed by atoms with van der Waals surface area (Å²) in [4.78, 5) is 18.9. The topological polar surface area (TPSA) is 87.9 Å². The number of halogens is 3. The zero-order chi connectivity index (χ0) is 23.2. The molecule has 0 saturated carbocycles. The van der Waals surface area contributed by atoms with E-state index in [0.717, 1.165) is 23.0 Å². The Morgan fingerprint density at radius 1 is 1.34 bits per heavy atom. The van der Waals surface area contributed by atoms with E-state index in [1.165, 1.54) is 0 Å². The Hall–Kier alpha value is -2.91. The molecule has 1 atom stereocenters. The summed E-state index contributed by atoms with van der Waals surface area (Å²) < 4.78 is 47.0. The van der Waals surface area contributed by atoms with Crippen molar-refractivity contribution in [3.8, 4) is 0 Å². The molecule has 7 nitrogen and oxygen atoms in total. The van der Waals surface area contributed by atoms with E-state index in [1.54, 1.807) is 18.7 Å². The first-order valence-corrected chi connectivity index (χ1v) is 10.7. The van der Waals surface area contributed by atoms with E-state index in [4.69, 9.17) is 4.52 Å². The van der Waals surface area contributed by atoms with Gasteiger partial charge in [-0.1, -0.05) is 19.0 Å². The van der Waals surface area contributed by atoms with Gasteiger partial charge in [-0.15, -0.1) is 0 Å². The summed E-state index contributed by atoms with van der Waals surface area (Å²) in [5, 5.41) is 10.9. The van der Waals surface area contributed by atoms with E-state index >= 15 is 0 Å². The largest absolute Gasteiger partial charge is 0.417 e. The Kier molecular flexibility index (Phi) is 5.72. The fourth-order valence-corrected chi connectivity index (χ4v) is 4.31. The smallest absolute Gasteiger partial charge is 0.342 e. The SMILES string of the molecule is Cc1n[nH]c(C)c1CC(=O)N1CCC[C@@H](c2noc3nc(C(C)C)cc(C(F)(F)F)c23)C1. The number of rotatable bonds is 4. The van der Waals surface area contributed by atoms with Crippen molar-refractivity contribution < 1.29 is 22.5 Å². The van der Waals surface area contributed by atoms with Crippen molar-refractivity contribution in [1.29, 1.82) is 0 Å². The predicted octanol–water partition coefficient (Wildman–Crippen LogP) is 4.65. The van der Waals surface area contributed by atoms with Gasteiger partial charge in [0.05, 0.1) is 28.8 Å². The number of fused-ring (bicyclic) bond motifs is 1. The average Bonchev–Trinajstić information content (AvgIpc) is 3.30. The number of nitrogens with one attached hydrogen (secondary N) is 1. The monoisotopic (exact) mass is 449 g/mol. The molecule has 1 fully saturated rings. The minimum Gasteiger partial charge on any atom is -0.342 e. The van der Waals surface area contributed by atoms with Gasteiger partial charge in [0.15, 0.2) is 0 Å². The van der Waals surface area contributed by atoms with Crippen LogP contribution in [-0.2, 0) is 17.4 Å². The van der Waals surface area contributed by atoms with Crippen molar-refractivity contribution >= 4 is 17.0 Å². The maximum Gasteiger partial charge on any atom is 0.417 e. The van der Waals surface area contributed by atoms with Crippen LogP contribution in [0.4, 0.5) is 13.2 Å². The minimum atomic E-state index is -4.56. The number of piperidine rings is 1. The zero-order valence-corrected chi connectivity index (χ0v) is 18.5. The lowest BCUT2D eigenvalue weighted by molar-refractivity contribution is -0.136. The molecule has 1 saturated heterocycles. The number of nitrogens with zero attached hydrogens (tertiary/aromatic N) is 4. The van der Waals surface area contributed by atoms with Crippen LogP contribution in [0.2, 0.25) is 0 Å². The van der Waals surface area contributed by atoms with Crippen LogP contribution in [0.5, 0.6) is 0 Å². The van der Waals surface area contributed by atoms with Crippen molar-refractivity contribution in [2.24, 2.45) is 0 Å². The number of amides is 1. The number of aromatic amines is 1. The fraction of sp³-hybridized carbons (Fsp3) is 0.545. The van der Waals surface area contributed by atoms with Gasteiger partial charge < -0.3 is 9.42 Å². The molecule has 0 unspecified atom stereocenters. The molecule has 0 radical (unpaired) electrons. The Balaban J connectivity index is 1.65. The summed E-state index contributed by atoms with van der Waals surface area (Å²) in [6, 6.07) is 1.09. The summed E-state index contributed by atoms with van der Waals surface area (Å²) in [6.07, 6.45) is -3.06. The molecule has 0 spiro atoms. The molecule has 0 aliphatic carbocycles. The Bertz CT molecular complexity index is 1130. The Labute approximate surface area is 183 Å². The molecule has 1 aliphatic heterocycles. The standard InChI is InChI=1S/C22H26F3N5O2/c1-11(2)17-9-16(22(23,24)25)19-20(29-32-21(19)26-17)14-6-5-7-30(10-14)18(31)8-15-12(3)27-28-13(15)4/h9,11,14H,5-8,10H2,1-4H3,(H,27,28)/t14-/m1/s1. The summed E-state index contributed by atoms with van der Waals surface area (Å²) >= 11 is 0. The van der Waals surface area contributed by atoms with E-state index in [1.807, 2.05) is 13.8 Å². The minimum absolute atomic E-state index is 0.0774. The van der Waals surface area contributed by atoms with Gasteiger partial charge in [-0.25, -0.2) is 4.98 Å². The highest BCUT2D eigenvalue weighted by atomic mass is 19.4.